The normalized spacial score (nSPS) is 18.4. The molecule has 1 aromatic heterocycles. The monoisotopic (exact) mass is 440 g/mol. The van der Waals surface area contributed by atoms with E-state index in [4.69, 9.17) is 4.42 Å². The number of carbonyl (C=O) groups is 2. The van der Waals surface area contributed by atoms with E-state index in [2.05, 4.69) is 22.5 Å². The van der Waals surface area contributed by atoms with Gasteiger partial charge >= 0.3 is 0 Å². The van der Waals surface area contributed by atoms with E-state index < -0.39 is 11.7 Å². The number of carbonyl (C=O) groups excluding carboxylic acids is 2. The molecule has 1 saturated heterocycles. The number of rotatable bonds is 4. The second kappa shape index (κ2) is 9.24. The molecule has 1 fully saturated rings. The second-order valence-electron chi connectivity index (χ2n) is 8.66. The van der Waals surface area contributed by atoms with Gasteiger partial charge in [0.15, 0.2) is 5.76 Å². The minimum absolute atomic E-state index is 0.110. The second-order valence-corrected chi connectivity index (χ2v) is 8.66. The molecule has 4 rings (SSSR count). The van der Waals surface area contributed by atoms with Crippen LogP contribution in [0, 0.1) is 12.7 Å². The third-order valence-corrected chi connectivity index (χ3v) is 6.47. The van der Waals surface area contributed by atoms with E-state index in [0.29, 0.717) is 23.5 Å². The van der Waals surface area contributed by atoms with Crippen LogP contribution in [0.1, 0.15) is 63.5 Å². The van der Waals surface area contributed by atoms with Gasteiger partial charge in [-0.1, -0.05) is 0 Å². The van der Waals surface area contributed by atoms with Crippen LogP contribution in [-0.4, -0.2) is 60.6 Å². The summed E-state index contributed by atoms with van der Waals surface area (Å²) in [5.74, 6) is 0.172. The fourth-order valence-corrected chi connectivity index (χ4v) is 4.48. The van der Waals surface area contributed by atoms with Gasteiger partial charge in [-0.05, 0) is 77.0 Å². The van der Waals surface area contributed by atoms with Gasteiger partial charge in [-0.15, -0.1) is 0 Å². The summed E-state index contributed by atoms with van der Waals surface area (Å²) < 4.78 is 19.1. The maximum Gasteiger partial charge on any atom is 0.289 e. The van der Waals surface area contributed by atoms with Crippen LogP contribution in [-0.2, 0) is 6.42 Å². The van der Waals surface area contributed by atoms with E-state index in [1.165, 1.54) is 24.3 Å². The molecule has 0 saturated carbocycles. The van der Waals surface area contributed by atoms with Gasteiger partial charge < -0.3 is 14.2 Å². The first kappa shape index (κ1) is 22.2. The van der Waals surface area contributed by atoms with Gasteiger partial charge in [0, 0.05) is 36.2 Å². The molecule has 8 heteroatoms. The van der Waals surface area contributed by atoms with Gasteiger partial charge in [0.05, 0.1) is 5.71 Å². The van der Waals surface area contributed by atoms with Crippen LogP contribution in [0.5, 0.6) is 0 Å². The summed E-state index contributed by atoms with van der Waals surface area (Å²) in [6.07, 6.45) is 4.12. The SMILES string of the molecule is Cc1c(C(=O)N(C)C2CCN(C)CC2)oc2c1/C(=N/NC(=O)c1ccc(F)cc1)CCC2. The van der Waals surface area contributed by atoms with E-state index in [9.17, 15) is 14.0 Å². The third kappa shape index (κ3) is 4.46. The predicted molar refractivity (Wildman–Crippen MR) is 119 cm³/mol. The highest BCUT2D eigenvalue weighted by atomic mass is 19.1. The third-order valence-electron chi connectivity index (χ3n) is 6.47. The number of aryl methyl sites for hydroxylation is 1. The molecule has 0 unspecified atom stereocenters. The summed E-state index contributed by atoms with van der Waals surface area (Å²) in [5, 5.41) is 4.33. The highest BCUT2D eigenvalue weighted by Gasteiger charge is 2.32. The van der Waals surface area contributed by atoms with Crippen LogP contribution < -0.4 is 5.43 Å². The van der Waals surface area contributed by atoms with Crippen LogP contribution >= 0.6 is 0 Å². The van der Waals surface area contributed by atoms with E-state index in [0.717, 1.165) is 55.7 Å². The Kier molecular flexibility index (Phi) is 6.41. The Hall–Kier alpha value is -3.00. The van der Waals surface area contributed by atoms with Gasteiger partial charge in [0.2, 0.25) is 0 Å². The molecular formula is C24H29FN4O3. The molecular weight excluding hydrogens is 411 g/mol. The minimum atomic E-state index is -0.413. The molecule has 0 radical (unpaired) electrons. The van der Waals surface area contributed by atoms with Crippen LogP contribution in [0.3, 0.4) is 0 Å². The van der Waals surface area contributed by atoms with Crippen molar-refractivity contribution in [2.45, 2.75) is 45.1 Å². The van der Waals surface area contributed by atoms with E-state index in [-0.39, 0.29) is 11.9 Å². The summed E-state index contributed by atoms with van der Waals surface area (Å²) in [7, 11) is 3.94. The number of halogens is 1. The standard InChI is InChI=1S/C24H29FN4O3/c1-15-21-19(26-27-23(30)16-7-9-17(25)10-8-16)5-4-6-20(21)32-22(15)24(31)29(3)18-11-13-28(2)14-12-18/h7-10,18H,4-6,11-14H2,1-3H3,(H,27,30)/b26-19+. The number of fused-ring (bicyclic) bond motifs is 1. The molecule has 2 aliphatic rings. The van der Waals surface area contributed by atoms with Crippen molar-refractivity contribution < 1.29 is 18.4 Å². The lowest BCUT2D eigenvalue weighted by Crippen LogP contribution is -2.44. The lowest BCUT2D eigenvalue weighted by molar-refractivity contribution is 0.0625. The molecule has 2 amide bonds. The number of furan rings is 1. The van der Waals surface area contributed by atoms with E-state index in [1.807, 2.05) is 14.0 Å². The number of likely N-dealkylation sites (tertiary alicyclic amines) is 1. The van der Waals surface area contributed by atoms with Crippen LogP contribution in [0.4, 0.5) is 4.39 Å². The van der Waals surface area contributed by atoms with Crippen molar-refractivity contribution in [3.05, 3.63) is 58.3 Å². The molecule has 170 valence electrons. The minimum Gasteiger partial charge on any atom is -0.455 e. The zero-order chi connectivity index (χ0) is 22.8. The van der Waals surface area contributed by atoms with Crippen molar-refractivity contribution in [1.82, 2.24) is 15.2 Å². The molecule has 2 aromatic rings. The van der Waals surface area contributed by atoms with Gasteiger partial charge in [-0.25, -0.2) is 9.82 Å². The van der Waals surface area contributed by atoms with Gasteiger partial charge in [-0.3, -0.25) is 9.59 Å². The zero-order valence-electron chi connectivity index (χ0n) is 18.8. The number of benzene rings is 1. The van der Waals surface area contributed by atoms with Gasteiger partial charge in [0.1, 0.15) is 11.6 Å². The number of hydrogen-bond acceptors (Lipinski definition) is 5. The maximum atomic E-state index is 13.2. The molecule has 2 heterocycles. The highest BCUT2D eigenvalue weighted by Crippen LogP contribution is 2.31. The van der Waals surface area contributed by atoms with Crippen molar-refractivity contribution in [3.63, 3.8) is 0 Å². The Morgan fingerprint density at radius 3 is 2.56 bits per heavy atom. The summed E-state index contributed by atoms with van der Waals surface area (Å²) in [4.78, 5) is 29.7. The van der Waals surface area contributed by atoms with Crippen molar-refractivity contribution in [2.24, 2.45) is 5.10 Å². The van der Waals surface area contributed by atoms with Gasteiger partial charge in [-0.2, -0.15) is 5.10 Å². The zero-order valence-corrected chi connectivity index (χ0v) is 18.8. The number of nitrogens with zero attached hydrogens (tertiary/aromatic N) is 3. The lowest BCUT2D eigenvalue weighted by Gasteiger charge is -2.34. The van der Waals surface area contributed by atoms with E-state index >= 15 is 0 Å². The molecule has 1 aliphatic carbocycles. The number of hydrogen-bond donors (Lipinski definition) is 1. The Labute approximate surface area is 187 Å². The molecule has 0 spiro atoms. The van der Waals surface area contributed by atoms with Crippen molar-refractivity contribution in [1.29, 1.82) is 0 Å². The Morgan fingerprint density at radius 2 is 1.88 bits per heavy atom. The first-order chi connectivity index (χ1) is 15.3. The van der Waals surface area contributed by atoms with E-state index in [1.54, 1.807) is 4.90 Å². The van der Waals surface area contributed by atoms with Gasteiger partial charge in [0.25, 0.3) is 11.8 Å². The largest absolute Gasteiger partial charge is 0.455 e. The molecule has 1 N–H and O–H groups in total. The Morgan fingerprint density at radius 1 is 1.19 bits per heavy atom. The smallest absolute Gasteiger partial charge is 0.289 e. The number of piperidine rings is 1. The first-order valence-corrected chi connectivity index (χ1v) is 11.1. The Bertz CT molecular complexity index is 1040. The molecule has 0 atom stereocenters. The van der Waals surface area contributed by atoms with Crippen LogP contribution in [0.25, 0.3) is 0 Å². The summed E-state index contributed by atoms with van der Waals surface area (Å²) in [6.45, 7) is 3.82. The van der Waals surface area contributed by atoms with Crippen LogP contribution in [0.2, 0.25) is 0 Å². The topological polar surface area (TPSA) is 78.2 Å². The predicted octanol–water partition coefficient (Wildman–Crippen LogP) is 3.36. The quantitative estimate of drug-likeness (QED) is 0.740. The highest BCUT2D eigenvalue weighted by molar-refractivity contribution is 6.07. The summed E-state index contributed by atoms with van der Waals surface area (Å²) >= 11 is 0. The first-order valence-electron chi connectivity index (χ1n) is 11.1. The molecule has 1 aliphatic heterocycles. The molecule has 7 nitrogen and oxygen atoms in total. The molecule has 32 heavy (non-hydrogen) atoms. The van der Waals surface area contributed by atoms with Crippen molar-refractivity contribution in [3.8, 4) is 0 Å². The molecule has 0 bridgehead atoms. The summed E-state index contributed by atoms with van der Waals surface area (Å²) in [6, 6.07) is 5.49. The molecule has 1 aromatic carbocycles. The van der Waals surface area contributed by atoms with Crippen LogP contribution in [0.15, 0.2) is 33.8 Å². The number of hydrazone groups is 1. The van der Waals surface area contributed by atoms with Crippen molar-refractivity contribution >= 4 is 17.5 Å². The fraction of sp³-hybridized carbons (Fsp3) is 0.458. The maximum absolute atomic E-state index is 13.2. The average Bonchev–Trinajstić information content (AvgIpc) is 3.14. The van der Waals surface area contributed by atoms with Crippen molar-refractivity contribution in [2.75, 3.05) is 27.2 Å². The average molecular weight is 441 g/mol. The fourth-order valence-electron chi connectivity index (χ4n) is 4.48. The Balaban J connectivity index is 1.53. The lowest BCUT2D eigenvalue weighted by atomic mass is 9.93. The summed E-state index contributed by atoms with van der Waals surface area (Å²) in [5.41, 5.74) is 5.16. The number of amides is 2. The number of nitrogens with one attached hydrogen (secondary N) is 1.